The van der Waals surface area contributed by atoms with Gasteiger partial charge in [0.25, 0.3) is 5.56 Å². The van der Waals surface area contributed by atoms with Crippen molar-refractivity contribution < 1.29 is 9.90 Å². The molecule has 3 aromatic rings. The number of nitrogens with one attached hydrogen (secondary N) is 2. The van der Waals surface area contributed by atoms with Crippen molar-refractivity contribution in [2.24, 2.45) is 5.92 Å². The second-order valence-corrected chi connectivity index (χ2v) is 8.32. The van der Waals surface area contributed by atoms with E-state index in [0.717, 1.165) is 34.9 Å². The summed E-state index contributed by atoms with van der Waals surface area (Å²) in [6, 6.07) is 15.3. The zero-order valence-corrected chi connectivity index (χ0v) is 18.0. The predicted molar refractivity (Wildman–Crippen MR) is 125 cm³/mol. The molecule has 4 rings (SSSR count). The Morgan fingerprint density at radius 2 is 2.03 bits per heavy atom. The number of nitrogens with zero attached hydrogens (tertiary/aromatic N) is 1. The number of aromatic nitrogens is 1. The number of aromatic amines is 1. The van der Waals surface area contributed by atoms with Crippen LogP contribution in [-0.4, -0.2) is 42.2 Å². The highest BCUT2D eigenvalue weighted by molar-refractivity contribution is 6.31. The predicted octanol–water partition coefficient (Wildman–Crippen LogP) is 3.56. The van der Waals surface area contributed by atoms with Gasteiger partial charge in [0.1, 0.15) is 5.69 Å². The normalized spacial score (nSPS) is 16.5. The Hall–Kier alpha value is -2.83. The molecule has 1 aromatic heterocycles. The summed E-state index contributed by atoms with van der Waals surface area (Å²) < 4.78 is 0. The molecular formula is C24H26ClN3O3. The summed E-state index contributed by atoms with van der Waals surface area (Å²) in [5, 5.41) is 13.3. The highest BCUT2D eigenvalue weighted by atomic mass is 35.5. The fraction of sp³-hybridized carbons (Fsp3) is 0.333. The van der Waals surface area contributed by atoms with Crippen LogP contribution in [0, 0.1) is 5.92 Å². The van der Waals surface area contributed by atoms with Crippen LogP contribution < -0.4 is 15.8 Å². The van der Waals surface area contributed by atoms with Crippen LogP contribution in [-0.2, 0) is 4.79 Å². The number of halogens is 1. The molecule has 1 fully saturated rings. The SMILES string of the molecule is O=C(NCCCO)[C@H]1CCCN(c2c(-c3ccccc3)c3cc(Cl)ccc3[nH]c2=O)C1. The number of hydrogen-bond acceptors (Lipinski definition) is 4. The highest BCUT2D eigenvalue weighted by Gasteiger charge is 2.29. The van der Waals surface area contributed by atoms with Gasteiger partial charge in [0, 0.05) is 47.7 Å². The van der Waals surface area contributed by atoms with Gasteiger partial charge >= 0.3 is 0 Å². The number of pyridine rings is 1. The van der Waals surface area contributed by atoms with Crippen LogP contribution in [0.2, 0.25) is 5.02 Å². The molecule has 1 atom stereocenters. The molecule has 1 aliphatic rings. The minimum atomic E-state index is -0.203. The van der Waals surface area contributed by atoms with Crippen LogP contribution in [0.5, 0.6) is 0 Å². The maximum Gasteiger partial charge on any atom is 0.272 e. The van der Waals surface area contributed by atoms with Crippen molar-refractivity contribution >= 4 is 34.1 Å². The van der Waals surface area contributed by atoms with Crippen LogP contribution in [0.25, 0.3) is 22.0 Å². The molecule has 0 aliphatic carbocycles. The largest absolute Gasteiger partial charge is 0.396 e. The monoisotopic (exact) mass is 439 g/mol. The number of benzene rings is 2. The molecule has 0 radical (unpaired) electrons. The Labute approximate surface area is 185 Å². The number of carbonyl (C=O) groups excluding carboxylic acids is 1. The first kappa shape index (κ1) is 21.4. The molecule has 2 aromatic carbocycles. The molecule has 162 valence electrons. The van der Waals surface area contributed by atoms with Crippen molar-refractivity contribution in [2.45, 2.75) is 19.3 Å². The first-order chi connectivity index (χ1) is 15.1. The Morgan fingerprint density at radius 3 is 2.81 bits per heavy atom. The van der Waals surface area contributed by atoms with E-state index < -0.39 is 0 Å². The smallest absolute Gasteiger partial charge is 0.272 e. The number of piperidine rings is 1. The van der Waals surface area contributed by atoms with Gasteiger partial charge in [-0.3, -0.25) is 9.59 Å². The topological polar surface area (TPSA) is 85.4 Å². The Kier molecular flexibility index (Phi) is 6.59. The highest BCUT2D eigenvalue weighted by Crippen LogP contribution is 2.37. The van der Waals surface area contributed by atoms with Crippen molar-refractivity contribution in [2.75, 3.05) is 31.1 Å². The van der Waals surface area contributed by atoms with Gasteiger partial charge in [-0.2, -0.15) is 0 Å². The molecule has 1 saturated heterocycles. The minimum Gasteiger partial charge on any atom is -0.396 e. The van der Waals surface area contributed by atoms with Crippen molar-refractivity contribution in [1.82, 2.24) is 10.3 Å². The number of hydrogen-bond donors (Lipinski definition) is 3. The lowest BCUT2D eigenvalue weighted by Gasteiger charge is -2.34. The lowest BCUT2D eigenvalue weighted by atomic mass is 9.94. The summed E-state index contributed by atoms with van der Waals surface area (Å²) in [4.78, 5) is 30.9. The van der Waals surface area contributed by atoms with Crippen molar-refractivity contribution in [3.8, 4) is 11.1 Å². The molecule has 6 nitrogen and oxygen atoms in total. The third kappa shape index (κ3) is 4.60. The lowest BCUT2D eigenvalue weighted by Crippen LogP contribution is -2.45. The molecule has 1 aliphatic heterocycles. The number of rotatable bonds is 6. The Balaban J connectivity index is 1.77. The summed E-state index contributed by atoms with van der Waals surface area (Å²) in [6.45, 7) is 1.68. The minimum absolute atomic E-state index is 0.0281. The maximum absolute atomic E-state index is 13.2. The van der Waals surface area contributed by atoms with Crippen LogP contribution in [0.1, 0.15) is 19.3 Å². The third-order valence-electron chi connectivity index (χ3n) is 5.76. The fourth-order valence-corrected chi connectivity index (χ4v) is 4.46. The molecule has 0 bridgehead atoms. The Bertz CT molecular complexity index is 1130. The quantitative estimate of drug-likeness (QED) is 0.512. The van der Waals surface area contributed by atoms with Gasteiger partial charge in [0.15, 0.2) is 0 Å². The second-order valence-electron chi connectivity index (χ2n) is 7.89. The summed E-state index contributed by atoms with van der Waals surface area (Å²) in [7, 11) is 0. The van der Waals surface area contributed by atoms with Gasteiger partial charge in [0.05, 0.1) is 5.92 Å². The number of aliphatic hydroxyl groups excluding tert-OH is 1. The number of anilines is 1. The molecule has 0 spiro atoms. The number of carbonyl (C=O) groups is 1. The molecule has 31 heavy (non-hydrogen) atoms. The Morgan fingerprint density at radius 1 is 1.23 bits per heavy atom. The van der Waals surface area contributed by atoms with Gasteiger partial charge in [0.2, 0.25) is 5.91 Å². The summed E-state index contributed by atoms with van der Waals surface area (Å²) in [5.74, 6) is -0.231. The zero-order chi connectivity index (χ0) is 21.8. The number of fused-ring (bicyclic) bond motifs is 1. The summed E-state index contributed by atoms with van der Waals surface area (Å²) in [6.07, 6.45) is 2.13. The number of aliphatic hydroxyl groups is 1. The van der Waals surface area contributed by atoms with E-state index >= 15 is 0 Å². The third-order valence-corrected chi connectivity index (χ3v) is 5.99. The van der Waals surface area contributed by atoms with Crippen LogP contribution in [0.4, 0.5) is 5.69 Å². The van der Waals surface area contributed by atoms with E-state index in [4.69, 9.17) is 16.7 Å². The molecule has 0 saturated carbocycles. The van der Waals surface area contributed by atoms with Gasteiger partial charge in [-0.25, -0.2) is 0 Å². The maximum atomic E-state index is 13.2. The first-order valence-corrected chi connectivity index (χ1v) is 11.0. The lowest BCUT2D eigenvalue weighted by molar-refractivity contribution is -0.125. The van der Waals surface area contributed by atoms with Gasteiger partial charge in [-0.15, -0.1) is 0 Å². The summed E-state index contributed by atoms with van der Waals surface area (Å²) in [5.41, 5.74) is 2.91. The van der Waals surface area contributed by atoms with E-state index in [-0.39, 0.29) is 24.0 Å². The van der Waals surface area contributed by atoms with Gasteiger partial charge < -0.3 is 20.3 Å². The molecule has 3 N–H and O–H groups in total. The zero-order valence-electron chi connectivity index (χ0n) is 17.2. The van der Waals surface area contributed by atoms with E-state index in [1.165, 1.54) is 0 Å². The van der Waals surface area contributed by atoms with E-state index in [9.17, 15) is 9.59 Å². The molecule has 0 unspecified atom stereocenters. The number of H-pyrrole nitrogens is 1. The molecule has 2 heterocycles. The molecular weight excluding hydrogens is 414 g/mol. The average Bonchev–Trinajstić information content (AvgIpc) is 2.79. The fourth-order valence-electron chi connectivity index (χ4n) is 4.28. The standard InChI is InChI=1S/C24H26ClN3O3/c25-18-9-10-20-19(14-18)21(16-6-2-1-3-7-16)22(24(31)27-20)28-12-4-8-17(15-28)23(30)26-11-5-13-29/h1-3,6-7,9-10,14,17,29H,4-5,8,11-13,15H2,(H,26,30)(H,27,31)/t17-/m0/s1. The van der Waals surface area contributed by atoms with Gasteiger partial charge in [-0.05, 0) is 43.0 Å². The van der Waals surface area contributed by atoms with E-state index in [0.29, 0.717) is 36.8 Å². The number of amides is 1. The van der Waals surface area contributed by atoms with Gasteiger partial charge in [-0.1, -0.05) is 41.9 Å². The average molecular weight is 440 g/mol. The van der Waals surface area contributed by atoms with Crippen LogP contribution in [0.3, 0.4) is 0 Å². The van der Waals surface area contributed by atoms with E-state index in [1.54, 1.807) is 6.07 Å². The van der Waals surface area contributed by atoms with Crippen molar-refractivity contribution in [3.63, 3.8) is 0 Å². The summed E-state index contributed by atoms with van der Waals surface area (Å²) >= 11 is 6.30. The molecule has 1 amide bonds. The molecule has 7 heteroatoms. The van der Waals surface area contributed by atoms with E-state index in [2.05, 4.69) is 10.3 Å². The van der Waals surface area contributed by atoms with Crippen molar-refractivity contribution in [1.29, 1.82) is 0 Å². The van der Waals surface area contributed by atoms with Crippen LogP contribution in [0.15, 0.2) is 53.3 Å². The first-order valence-electron chi connectivity index (χ1n) is 10.6. The van der Waals surface area contributed by atoms with Crippen molar-refractivity contribution in [3.05, 3.63) is 63.9 Å². The second kappa shape index (κ2) is 9.54. The van der Waals surface area contributed by atoms with Crippen LogP contribution >= 0.6 is 11.6 Å². The van der Waals surface area contributed by atoms with E-state index in [1.807, 2.05) is 47.4 Å².